The van der Waals surface area contributed by atoms with E-state index in [-0.39, 0.29) is 29.5 Å². The van der Waals surface area contributed by atoms with Gasteiger partial charge in [-0.25, -0.2) is 4.39 Å². The molecule has 1 fully saturated rings. The number of nitrogens with one attached hydrogen (secondary N) is 2. The number of rotatable bonds is 6. The van der Waals surface area contributed by atoms with E-state index in [4.69, 9.17) is 5.73 Å². The van der Waals surface area contributed by atoms with Crippen LogP contribution in [0.1, 0.15) is 17.0 Å². The predicted molar refractivity (Wildman–Crippen MR) is 134 cm³/mol. The van der Waals surface area contributed by atoms with Gasteiger partial charge >= 0.3 is 0 Å². The number of anilines is 3. The first-order valence-corrected chi connectivity index (χ1v) is 11.1. The minimum absolute atomic E-state index is 0.0350. The third-order valence-electron chi connectivity index (χ3n) is 5.96. The molecule has 3 aromatic carbocycles. The first-order chi connectivity index (χ1) is 16.4. The van der Waals surface area contributed by atoms with Crippen molar-refractivity contribution in [2.45, 2.75) is 5.92 Å². The van der Waals surface area contributed by atoms with E-state index in [2.05, 4.69) is 15.5 Å². The fraction of sp³-hybridized carbons (Fsp3) is 0.185. The zero-order chi connectivity index (χ0) is 24.1. The molecule has 1 aliphatic rings. The highest BCUT2D eigenvalue weighted by molar-refractivity contribution is 6.03. The summed E-state index contributed by atoms with van der Waals surface area (Å²) in [5.41, 5.74) is 9.45. The summed E-state index contributed by atoms with van der Waals surface area (Å²) in [7, 11) is 1.99. The molecule has 2 amide bonds. The number of nitrogens with zero attached hydrogens (tertiary/aromatic N) is 1. The van der Waals surface area contributed by atoms with Gasteiger partial charge < -0.3 is 21.3 Å². The summed E-state index contributed by atoms with van der Waals surface area (Å²) < 4.78 is 13.2. The number of likely N-dealkylation sites (tertiary alicyclic amines) is 1. The molecule has 174 valence electrons. The van der Waals surface area contributed by atoms with Crippen LogP contribution in [0.25, 0.3) is 6.08 Å². The Labute approximate surface area is 198 Å². The normalized spacial score (nSPS) is 18.2. The van der Waals surface area contributed by atoms with Crippen LogP contribution in [0.5, 0.6) is 0 Å². The van der Waals surface area contributed by atoms with E-state index in [9.17, 15) is 14.0 Å². The van der Waals surface area contributed by atoms with E-state index < -0.39 is 0 Å². The van der Waals surface area contributed by atoms with Gasteiger partial charge in [0.1, 0.15) is 5.82 Å². The van der Waals surface area contributed by atoms with Crippen LogP contribution in [0.2, 0.25) is 0 Å². The van der Waals surface area contributed by atoms with Crippen LogP contribution in [0.4, 0.5) is 21.5 Å². The van der Waals surface area contributed by atoms with Gasteiger partial charge in [-0.2, -0.15) is 0 Å². The molecule has 0 aliphatic carbocycles. The molecule has 3 aromatic rings. The first kappa shape index (κ1) is 23.2. The predicted octanol–water partition coefficient (Wildman–Crippen LogP) is 4.34. The van der Waals surface area contributed by atoms with Gasteiger partial charge in [0.25, 0.3) is 0 Å². The van der Waals surface area contributed by atoms with E-state index in [0.717, 1.165) is 17.7 Å². The van der Waals surface area contributed by atoms with Crippen LogP contribution in [-0.2, 0) is 9.59 Å². The summed E-state index contributed by atoms with van der Waals surface area (Å²) >= 11 is 0. The fourth-order valence-electron chi connectivity index (χ4n) is 4.18. The van der Waals surface area contributed by atoms with E-state index in [1.165, 1.54) is 18.2 Å². The van der Waals surface area contributed by atoms with Gasteiger partial charge in [0.2, 0.25) is 11.8 Å². The number of hydrogen-bond donors (Lipinski definition) is 3. The fourth-order valence-corrected chi connectivity index (χ4v) is 4.18. The molecule has 2 atom stereocenters. The number of para-hydroxylation sites is 2. The quantitative estimate of drug-likeness (QED) is 0.379. The topological polar surface area (TPSA) is 87.5 Å². The number of carbonyl (C=O) groups is 2. The van der Waals surface area contributed by atoms with Gasteiger partial charge in [0.05, 0.1) is 17.3 Å². The summed E-state index contributed by atoms with van der Waals surface area (Å²) in [6.07, 6.45) is 3.20. The molecule has 0 spiro atoms. The molecule has 0 aromatic heterocycles. The number of carbonyl (C=O) groups excluding carboxylic acids is 2. The standard InChI is InChI=1S/C27H27FN4O2/c1-32-16-22(23(17-32)27(34)30-21-13-11-20(28)12-14-21)19-9-6-18(7-10-19)8-15-26(33)31-25-5-3-2-4-24(25)29/h2-15,22-23H,16-17,29H2,1H3,(H,30,34)(H,31,33)/b15-8+/t22-,23+/m0/s1. The molecule has 1 aliphatic heterocycles. The molecule has 0 radical (unpaired) electrons. The lowest BCUT2D eigenvalue weighted by Gasteiger charge is -2.19. The molecule has 0 unspecified atom stereocenters. The number of benzene rings is 3. The van der Waals surface area contributed by atoms with Gasteiger partial charge in [-0.15, -0.1) is 0 Å². The van der Waals surface area contributed by atoms with Crippen LogP contribution >= 0.6 is 0 Å². The summed E-state index contributed by atoms with van der Waals surface area (Å²) in [4.78, 5) is 27.3. The SMILES string of the molecule is CN1C[C@@H](C(=O)Nc2ccc(F)cc2)[C@H](c2ccc(/C=C/C(=O)Nc3ccccc3N)cc2)C1. The molecule has 0 saturated carbocycles. The number of amides is 2. The van der Waals surface area contributed by atoms with Crippen LogP contribution in [0.3, 0.4) is 0 Å². The van der Waals surface area contributed by atoms with Crippen molar-refractivity contribution in [3.05, 3.63) is 95.8 Å². The maximum Gasteiger partial charge on any atom is 0.248 e. The van der Waals surface area contributed by atoms with Crippen LogP contribution in [-0.4, -0.2) is 36.9 Å². The third kappa shape index (κ3) is 5.68. The van der Waals surface area contributed by atoms with Crippen molar-refractivity contribution in [2.24, 2.45) is 5.92 Å². The zero-order valence-corrected chi connectivity index (χ0v) is 18.9. The maximum absolute atomic E-state index is 13.2. The Bertz CT molecular complexity index is 1190. The largest absolute Gasteiger partial charge is 0.397 e. The van der Waals surface area contributed by atoms with Crippen molar-refractivity contribution in [3.63, 3.8) is 0 Å². The van der Waals surface area contributed by atoms with Crippen molar-refractivity contribution in [3.8, 4) is 0 Å². The minimum atomic E-state index is -0.340. The van der Waals surface area contributed by atoms with Crippen molar-refractivity contribution in [2.75, 3.05) is 36.5 Å². The molecule has 1 heterocycles. The summed E-state index contributed by atoms with van der Waals surface area (Å²) in [6, 6.07) is 20.7. The van der Waals surface area contributed by atoms with E-state index in [0.29, 0.717) is 23.6 Å². The lowest BCUT2D eigenvalue weighted by atomic mass is 9.88. The molecular formula is C27H27FN4O2. The minimum Gasteiger partial charge on any atom is -0.397 e. The van der Waals surface area contributed by atoms with Gasteiger partial charge in [0, 0.05) is 30.8 Å². The Morgan fingerprint density at radius 1 is 0.971 bits per heavy atom. The lowest BCUT2D eigenvalue weighted by molar-refractivity contribution is -0.119. The van der Waals surface area contributed by atoms with E-state index in [1.807, 2.05) is 43.4 Å². The van der Waals surface area contributed by atoms with Crippen molar-refractivity contribution in [1.29, 1.82) is 0 Å². The second-order valence-corrected chi connectivity index (χ2v) is 8.51. The monoisotopic (exact) mass is 458 g/mol. The average Bonchev–Trinajstić information content (AvgIpc) is 3.23. The third-order valence-corrected chi connectivity index (χ3v) is 5.96. The van der Waals surface area contributed by atoms with Crippen LogP contribution in [0.15, 0.2) is 78.9 Å². The summed E-state index contributed by atoms with van der Waals surface area (Å²) in [5.74, 6) is -0.877. The van der Waals surface area contributed by atoms with Crippen molar-refractivity contribution < 1.29 is 14.0 Å². The summed E-state index contributed by atoms with van der Waals surface area (Å²) in [5, 5.41) is 5.66. The molecule has 4 rings (SSSR count). The molecule has 6 nitrogen and oxygen atoms in total. The van der Waals surface area contributed by atoms with Gasteiger partial charge in [-0.1, -0.05) is 36.4 Å². The highest BCUT2D eigenvalue weighted by atomic mass is 19.1. The number of nitrogens with two attached hydrogens (primary N) is 1. The Balaban J connectivity index is 1.40. The Morgan fingerprint density at radius 3 is 2.38 bits per heavy atom. The van der Waals surface area contributed by atoms with E-state index in [1.54, 1.807) is 30.3 Å². The second kappa shape index (κ2) is 10.3. The van der Waals surface area contributed by atoms with Crippen LogP contribution < -0.4 is 16.4 Å². The van der Waals surface area contributed by atoms with Crippen molar-refractivity contribution in [1.82, 2.24) is 4.90 Å². The average molecular weight is 459 g/mol. The Kier molecular flexibility index (Phi) is 7.04. The Morgan fingerprint density at radius 2 is 1.68 bits per heavy atom. The Hall–Kier alpha value is -3.97. The van der Waals surface area contributed by atoms with Gasteiger partial charge in [0.15, 0.2) is 0 Å². The molecule has 4 N–H and O–H groups in total. The highest BCUT2D eigenvalue weighted by Crippen LogP contribution is 2.33. The molecular weight excluding hydrogens is 431 g/mol. The summed E-state index contributed by atoms with van der Waals surface area (Å²) in [6.45, 7) is 1.40. The molecule has 34 heavy (non-hydrogen) atoms. The maximum atomic E-state index is 13.2. The van der Waals surface area contributed by atoms with E-state index >= 15 is 0 Å². The first-order valence-electron chi connectivity index (χ1n) is 11.1. The number of hydrogen-bond acceptors (Lipinski definition) is 4. The van der Waals surface area contributed by atoms with Crippen molar-refractivity contribution >= 4 is 35.0 Å². The molecule has 7 heteroatoms. The van der Waals surface area contributed by atoms with Crippen LogP contribution in [0, 0.1) is 11.7 Å². The highest BCUT2D eigenvalue weighted by Gasteiger charge is 2.37. The number of likely N-dealkylation sites (N-methyl/N-ethyl adjacent to an activating group) is 1. The lowest BCUT2D eigenvalue weighted by Crippen LogP contribution is -2.28. The number of halogens is 1. The second-order valence-electron chi connectivity index (χ2n) is 8.51. The molecule has 0 bridgehead atoms. The zero-order valence-electron chi connectivity index (χ0n) is 18.9. The van der Waals surface area contributed by atoms with Gasteiger partial charge in [-0.3, -0.25) is 9.59 Å². The molecule has 1 saturated heterocycles. The smallest absolute Gasteiger partial charge is 0.248 e. The number of nitrogen functional groups attached to an aromatic ring is 1. The van der Waals surface area contributed by atoms with Gasteiger partial charge in [-0.05, 0) is 60.6 Å².